The summed E-state index contributed by atoms with van der Waals surface area (Å²) in [6, 6.07) is 0.168. The summed E-state index contributed by atoms with van der Waals surface area (Å²) in [7, 11) is 0. The second-order valence-electron chi connectivity index (χ2n) is 5.40. The van der Waals surface area contributed by atoms with Crippen molar-refractivity contribution >= 4 is 17.8 Å². The van der Waals surface area contributed by atoms with E-state index in [1.165, 1.54) is 19.3 Å². The molecule has 1 aliphatic rings. The molecule has 1 rings (SSSR count). The maximum atomic E-state index is 11.7. The van der Waals surface area contributed by atoms with Crippen LogP contribution in [0.25, 0.3) is 0 Å². The molecule has 1 saturated carbocycles. The molecule has 0 unspecified atom stereocenters. The molecule has 0 aromatic heterocycles. The predicted octanol–water partition coefficient (Wildman–Crippen LogP) is 2.12. The highest BCUT2D eigenvalue weighted by Gasteiger charge is 2.21. The van der Waals surface area contributed by atoms with E-state index in [1.807, 2.05) is 6.26 Å². The second-order valence-corrected chi connectivity index (χ2v) is 6.39. The molecular formula is C13H26N2O2S. The van der Waals surface area contributed by atoms with Crippen molar-refractivity contribution in [1.29, 1.82) is 0 Å². The number of hydrogen-bond donors (Lipinski definition) is 3. The SMILES string of the molecule is CSCC[C@](C)(O)CNC(=O)NC1CCCCC1. The molecule has 0 saturated heterocycles. The summed E-state index contributed by atoms with van der Waals surface area (Å²) in [5.41, 5.74) is -0.813. The van der Waals surface area contributed by atoms with E-state index in [2.05, 4.69) is 10.6 Å². The van der Waals surface area contributed by atoms with Gasteiger partial charge in [0, 0.05) is 12.6 Å². The molecule has 0 heterocycles. The van der Waals surface area contributed by atoms with Crippen LogP contribution in [0.4, 0.5) is 4.79 Å². The fourth-order valence-electron chi connectivity index (χ4n) is 2.16. The van der Waals surface area contributed by atoms with E-state index in [1.54, 1.807) is 18.7 Å². The standard InChI is InChI=1S/C13H26N2O2S/c1-13(17,8-9-18-2)10-14-12(16)15-11-6-4-3-5-7-11/h11,17H,3-10H2,1-2H3,(H2,14,15,16)/t13-/m0/s1. The smallest absolute Gasteiger partial charge is 0.315 e. The first-order valence-electron chi connectivity index (χ1n) is 6.79. The summed E-state index contributed by atoms with van der Waals surface area (Å²) in [6.07, 6.45) is 8.56. The lowest BCUT2D eigenvalue weighted by Crippen LogP contribution is -2.48. The molecular weight excluding hydrogens is 248 g/mol. The van der Waals surface area contributed by atoms with E-state index in [-0.39, 0.29) is 6.03 Å². The first-order valence-corrected chi connectivity index (χ1v) is 8.18. The number of rotatable bonds is 6. The second kappa shape index (κ2) is 7.89. The monoisotopic (exact) mass is 274 g/mol. The van der Waals surface area contributed by atoms with Crippen LogP contribution in [-0.4, -0.2) is 41.3 Å². The van der Waals surface area contributed by atoms with Gasteiger partial charge in [-0.3, -0.25) is 0 Å². The van der Waals surface area contributed by atoms with Crippen molar-refractivity contribution in [2.75, 3.05) is 18.6 Å². The average molecular weight is 274 g/mol. The Morgan fingerprint density at radius 1 is 1.39 bits per heavy atom. The minimum absolute atomic E-state index is 0.147. The van der Waals surface area contributed by atoms with Crippen LogP contribution >= 0.6 is 11.8 Å². The minimum atomic E-state index is -0.813. The molecule has 1 atom stereocenters. The van der Waals surface area contributed by atoms with Gasteiger partial charge in [-0.1, -0.05) is 19.3 Å². The summed E-state index contributed by atoms with van der Waals surface area (Å²) in [5.74, 6) is 0.902. The molecule has 106 valence electrons. The van der Waals surface area contributed by atoms with Gasteiger partial charge in [-0.25, -0.2) is 4.79 Å². The summed E-state index contributed by atoms with van der Waals surface area (Å²) < 4.78 is 0. The van der Waals surface area contributed by atoms with Gasteiger partial charge in [-0.05, 0) is 38.2 Å². The minimum Gasteiger partial charge on any atom is -0.388 e. The van der Waals surface area contributed by atoms with Crippen molar-refractivity contribution < 1.29 is 9.90 Å². The van der Waals surface area contributed by atoms with Crippen molar-refractivity contribution in [3.63, 3.8) is 0 Å². The third-order valence-corrected chi connectivity index (χ3v) is 4.03. The average Bonchev–Trinajstić information content (AvgIpc) is 2.36. The summed E-state index contributed by atoms with van der Waals surface area (Å²) in [4.78, 5) is 11.7. The van der Waals surface area contributed by atoms with Gasteiger partial charge in [0.25, 0.3) is 0 Å². The van der Waals surface area contributed by atoms with Crippen LogP contribution in [0, 0.1) is 0 Å². The van der Waals surface area contributed by atoms with Gasteiger partial charge >= 0.3 is 6.03 Å². The van der Waals surface area contributed by atoms with E-state index < -0.39 is 5.60 Å². The molecule has 0 aromatic carbocycles. The predicted molar refractivity (Wildman–Crippen MR) is 77.0 cm³/mol. The number of hydrogen-bond acceptors (Lipinski definition) is 3. The van der Waals surface area contributed by atoms with Crippen molar-refractivity contribution in [2.45, 2.75) is 57.1 Å². The Labute approximate surface area is 114 Å². The van der Waals surface area contributed by atoms with Crippen molar-refractivity contribution in [3.05, 3.63) is 0 Å². The van der Waals surface area contributed by atoms with Crippen LogP contribution in [0.1, 0.15) is 45.4 Å². The lowest BCUT2D eigenvalue weighted by atomic mass is 9.96. The van der Waals surface area contributed by atoms with Crippen molar-refractivity contribution in [2.24, 2.45) is 0 Å². The van der Waals surface area contributed by atoms with Gasteiger partial charge in [-0.15, -0.1) is 0 Å². The Balaban J connectivity index is 2.19. The highest BCUT2D eigenvalue weighted by atomic mass is 32.2. The van der Waals surface area contributed by atoms with Crippen LogP contribution < -0.4 is 10.6 Å². The summed E-state index contributed by atoms with van der Waals surface area (Å²) >= 11 is 1.70. The lowest BCUT2D eigenvalue weighted by Gasteiger charge is -2.26. The molecule has 4 nitrogen and oxygen atoms in total. The summed E-state index contributed by atoms with van der Waals surface area (Å²) in [6.45, 7) is 2.08. The fourth-order valence-corrected chi connectivity index (χ4v) is 2.81. The van der Waals surface area contributed by atoms with Gasteiger partial charge < -0.3 is 15.7 Å². The number of carbonyl (C=O) groups is 1. The molecule has 1 aliphatic carbocycles. The topological polar surface area (TPSA) is 61.4 Å². The number of nitrogens with one attached hydrogen (secondary N) is 2. The largest absolute Gasteiger partial charge is 0.388 e. The molecule has 0 aromatic rings. The zero-order valence-electron chi connectivity index (χ0n) is 11.5. The zero-order valence-corrected chi connectivity index (χ0v) is 12.3. The third kappa shape index (κ3) is 6.50. The zero-order chi connectivity index (χ0) is 13.4. The molecule has 1 fully saturated rings. The number of aliphatic hydroxyl groups is 1. The first kappa shape index (κ1) is 15.6. The summed E-state index contributed by atoms with van der Waals surface area (Å²) in [5, 5.41) is 15.8. The maximum Gasteiger partial charge on any atom is 0.315 e. The van der Waals surface area contributed by atoms with Crippen LogP contribution in [-0.2, 0) is 0 Å². The van der Waals surface area contributed by atoms with E-state index in [0.29, 0.717) is 19.0 Å². The number of amides is 2. The van der Waals surface area contributed by atoms with E-state index in [9.17, 15) is 9.90 Å². The number of thioether (sulfide) groups is 1. The Hall–Kier alpha value is -0.420. The normalized spacial score (nSPS) is 20.2. The Bertz CT molecular complexity index is 253. The van der Waals surface area contributed by atoms with Gasteiger partial charge in [0.2, 0.25) is 0 Å². The molecule has 0 aliphatic heterocycles. The highest BCUT2D eigenvalue weighted by molar-refractivity contribution is 7.98. The van der Waals surface area contributed by atoms with Gasteiger partial charge in [0.15, 0.2) is 0 Å². The molecule has 5 heteroatoms. The van der Waals surface area contributed by atoms with E-state index in [0.717, 1.165) is 18.6 Å². The van der Waals surface area contributed by atoms with E-state index in [4.69, 9.17) is 0 Å². The van der Waals surface area contributed by atoms with Crippen LogP contribution in [0.15, 0.2) is 0 Å². The fraction of sp³-hybridized carbons (Fsp3) is 0.923. The lowest BCUT2D eigenvalue weighted by molar-refractivity contribution is 0.0592. The van der Waals surface area contributed by atoms with Crippen molar-refractivity contribution in [3.8, 4) is 0 Å². The Kier molecular flexibility index (Phi) is 6.86. The quantitative estimate of drug-likeness (QED) is 0.695. The van der Waals surface area contributed by atoms with E-state index >= 15 is 0 Å². The van der Waals surface area contributed by atoms with Gasteiger partial charge in [0.1, 0.15) is 0 Å². The maximum absolute atomic E-state index is 11.7. The Morgan fingerprint density at radius 2 is 2.06 bits per heavy atom. The van der Waals surface area contributed by atoms with Crippen molar-refractivity contribution in [1.82, 2.24) is 10.6 Å². The molecule has 0 spiro atoms. The van der Waals surface area contributed by atoms with Crippen LogP contribution in [0.5, 0.6) is 0 Å². The molecule has 0 bridgehead atoms. The molecule has 0 radical (unpaired) electrons. The first-order chi connectivity index (χ1) is 8.53. The molecule has 18 heavy (non-hydrogen) atoms. The van der Waals surface area contributed by atoms with Gasteiger partial charge in [-0.2, -0.15) is 11.8 Å². The van der Waals surface area contributed by atoms with Crippen LogP contribution in [0.3, 0.4) is 0 Å². The van der Waals surface area contributed by atoms with Crippen LogP contribution in [0.2, 0.25) is 0 Å². The highest BCUT2D eigenvalue weighted by Crippen LogP contribution is 2.17. The third-order valence-electron chi connectivity index (χ3n) is 3.41. The molecule has 3 N–H and O–H groups in total. The number of urea groups is 1. The number of carbonyl (C=O) groups excluding carboxylic acids is 1. The molecule has 2 amide bonds. The Morgan fingerprint density at radius 3 is 2.67 bits per heavy atom. The van der Waals surface area contributed by atoms with Gasteiger partial charge in [0.05, 0.1) is 5.60 Å².